The zero-order valence-corrected chi connectivity index (χ0v) is 12.5. The number of amides is 1. The van der Waals surface area contributed by atoms with Gasteiger partial charge in [0.05, 0.1) is 18.2 Å². The lowest BCUT2D eigenvalue weighted by atomic mass is 10.2. The monoisotopic (exact) mass is 371 g/mol. The number of methoxy groups -OCH3 is 1. The second kappa shape index (κ2) is 7.51. The fourth-order valence-corrected chi connectivity index (χ4v) is 2.00. The zero-order valence-electron chi connectivity index (χ0n) is 11.0. The van der Waals surface area contributed by atoms with Crippen molar-refractivity contribution in [3.8, 4) is 11.5 Å². The maximum atomic E-state index is 11.9. The van der Waals surface area contributed by atoms with Crippen LogP contribution < -0.4 is 14.8 Å². The topological polar surface area (TPSA) is 67.8 Å². The predicted octanol–water partition coefficient (Wildman–Crippen LogP) is 2.01. The van der Waals surface area contributed by atoms with Gasteiger partial charge in [-0.1, -0.05) is 0 Å². The number of nitrogens with one attached hydrogen (secondary N) is 1. The van der Waals surface area contributed by atoms with E-state index in [-0.39, 0.29) is 18.1 Å². The van der Waals surface area contributed by atoms with Gasteiger partial charge in [-0.3, -0.25) is 4.79 Å². The van der Waals surface area contributed by atoms with Crippen molar-refractivity contribution in [3.05, 3.63) is 22.2 Å². The molecule has 1 rings (SSSR count). The summed E-state index contributed by atoms with van der Waals surface area (Å²) < 4.78 is 46.4. The maximum absolute atomic E-state index is 11.9. The maximum Gasteiger partial charge on any atom is 0.405 e. The van der Waals surface area contributed by atoms with Gasteiger partial charge in [-0.2, -0.15) is 13.2 Å². The third-order valence-corrected chi connectivity index (χ3v) is 2.89. The number of carbonyl (C=O) groups is 1. The number of hydrogen-bond acceptors (Lipinski definition) is 4. The van der Waals surface area contributed by atoms with Gasteiger partial charge >= 0.3 is 6.18 Å². The van der Waals surface area contributed by atoms with Crippen LogP contribution in [-0.4, -0.2) is 37.5 Å². The lowest BCUT2D eigenvalue weighted by Gasteiger charge is -2.14. The van der Waals surface area contributed by atoms with Gasteiger partial charge in [0.1, 0.15) is 6.54 Å². The summed E-state index contributed by atoms with van der Waals surface area (Å²) in [7, 11) is 1.36. The number of hydrogen-bond donors (Lipinski definition) is 2. The minimum absolute atomic E-state index is 0.164. The molecular weight excluding hydrogens is 359 g/mol. The highest BCUT2D eigenvalue weighted by molar-refractivity contribution is 9.10. The van der Waals surface area contributed by atoms with Crippen molar-refractivity contribution in [2.24, 2.45) is 0 Å². The lowest BCUT2D eigenvalue weighted by Crippen LogP contribution is -2.36. The van der Waals surface area contributed by atoms with Crippen LogP contribution in [-0.2, 0) is 11.4 Å². The summed E-state index contributed by atoms with van der Waals surface area (Å²) in [5.41, 5.74) is 0.549. The molecule has 0 atom stereocenters. The Hall–Kier alpha value is -1.48. The first kappa shape index (κ1) is 17.6. The van der Waals surface area contributed by atoms with Crippen LogP contribution in [0.4, 0.5) is 13.2 Å². The van der Waals surface area contributed by atoms with Crippen LogP contribution in [0, 0.1) is 0 Å². The van der Waals surface area contributed by atoms with Crippen LogP contribution in [0.5, 0.6) is 11.5 Å². The number of ether oxygens (including phenoxy) is 2. The number of benzene rings is 1. The molecule has 0 aliphatic rings. The molecule has 0 fully saturated rings. The Balaban J connectivity index is 2.69. The fraction of sp³-hybridized carbons (Fsp3) is 0.417. The first-order valence-corrected chi connectivity index (χ1v) is 6.49. The van der Waals surface area contributed by atoms with Crippen LogP contribution >= 0.6 is 15.9 Å². The van der Waals surface area contributed by atoms with Gasteiger partial charge in [0.25, 0.3) is 5.91 Å². The van der Waals surface area contributed by atoms with E-state index < -0.39 is 25.2 Å². The van der Waals surface area contributed by atoms with Crippen LogP contribution in [0.25, 0.3) is 0 Å². The van der Waals surface area contributed by atoms with Gasteiger partial charge in [0, 0.05) is 0 Å². The van der Waals surface area contributed by atoms with Gasteiger partial charge in [-0.15, -0.1) is 0 Å². The molecule has 0 radical (unpaired) electrons. The molecule has 0 saturated carbocycles. The quantitative estimate of drug-likeness (QED) is 0.802. The molecular formula is C12H13BrF3NO4. The van der Waals surface area contributed by atoms with Crippen LogP contribution in [0.1, 0.15) is 5.56 Å². The molecule has 2 N–H and O–H groups in total. The summed E-state index contributed by atoms with van der Waals surface area (Å²) >= 11 is 3.17. The Morgan fingerprint density at radius 3 is 2.62 bits per heavy atom. The average molecular weight is 372 g/mol. The second-order valence-corrected chi connectivity index (χ2v) is 4.80. The molecule has 0 aliphatic carbocycles. The highest BCUT2D eigenvalue weighted by atomic mass is 79.9. The van der Waals surface area contributed by atoms with Crippen molar-refractivity contribution in [2.75, 3.05) is 20.3 Å². The number of aliphatic hydroxyl groups excluding tert-OH is 1. The zero-order chi connectivity index (χ0) is 16.0. The second-order valence-electron chi connectivity index (χ2n) is 3.95. The predicted molar refractivity (Wildman–Crippen MR) is 71.2 cm³/mol. The SMILES string of the molecule is COc1cc(CO)cc(Br)c1OCC(=O)NCC(F)(F)F. The van der Waals surface area contributed by atoms with Crippen molar-refractivity contribution in [1.82, 2.24) is 5.32 Å². The van der Waals surface area contributed by atoms with Gasteiger partial charge in [-0.25, -0.2) is 0 Å². The minimum atomic E-state index is -4.48. The van der Waals surface area contributed by atoms with E-state index in [0.717, 1.165) is 0 Å². The molecule has 1 aromatic rings. The van der Waals surface area contributed by atoms with Crippen LogP contribution in [0.2, 0.25) is 0 Å². The molecule has 0 spiro atoms. The molecule has 1 amide bonds. The normalized spacial score (nSPS) is 11.1. The molecule has 5 nitrogen and oxygen atoms in total. The molecule has 0 aliphatic heterocycles. The van der Waals surface area contributed by atoms with Gasteiger partial charge < -0.3 is 19.9 Å². The van der Waals surface area contributed by atoms with E-state index in [1.54, 1.807) is 11.4 Å². The van der Waals surface area contributed by atoms with E-state index in [4.69, 9.17) is 14.6 Å². The van der Waals surface area contributed by atoms with Crippen molar-refractivity contribution < 1.29 is 32.5 Å². The number of carbonyl (C=O) groups excluding carboxylic acids is 1. The van der Waals surface area contributed by atoms with Crippen LogP contribution in [0.15, 0.2) is 16.6 Å². The van der Waals surface area contributed by atoms with E-state index in [1.807, 2.05) is 0 Å². The Labute approximate surface area is 127 Å². The standard InChI is InChI=1S/C12H13BrF3NO4/c1-20-9-3-7(4-18)2-8(13)11(9)21-5-10(19)17-6-12(14,15)16/h2-3,18H,4-6H2,1H3,(H,17,19). The number of halogens is 4. The first-order valence-electron chi connectivity index (χ1n) is 5.70. The van der Waals surface area contributed by atoms with Crippen molar-refractivity contribution in [2.45, 2.75) is 12.8 Å². The van der Waals surface area contributed by atoms with E-state index in [9.17, 15) is 18.0 Å². The van der Waals surface area contributed by atoms with E-state index >= 15 is 0 Å². The molecule has 0 aromatic heterocycles. The molecule has 9 heteroatoms. The summed E-state index contributed by atoms with van der Waals surface area (Å²) in [6, 6.07) is 3.04. The highest BCUT2D eigenvalue weighted by Gasteiger charge is 2.27. The molecule has 21 heavy (non-hydrogen) atoms. The summed E-state index contributed by atoms with van der Waals surface area (Å²) in [6.07, 6.45) is -4.48. The Kier molecular flexibility index (Phi) is 6.28. The molecule has 0 heterocycles. The van der Waals surface area contributed by atoms with Crippen LogP contribution in [0.3, 0.4) is 0 Å². The van der Waals surface area contributed by atoms with Gasteiger partial charge in [-0.05, 0) is 33.6 Å². The fourth-order valence-electron chi connectivity index (χ4n) is 1.39. The number of aliphatic hydroxyl groups is 1. The Morgan fingerprint density at radius 1 is 1.43 bits per heavy atom. The lowest BCUT2D eigenvalue weighted by molar-refractivity contribution is -0.139. The van der Waals surface area contributed by atoms with Crippen molar-refractivity contribution in [1.29, 1.82) is 0 Å². The molecule has 0 bridgehead atoms. The number of alkyl halides is 3. The molecule has 1 aromatic carbocycles. The van der Waals surface area contributed by atoms with E-state index in [0.29, 0.717) is 10.0 Å². The summed E-state index contributed by atoms with van der Waals surface area (Å²) in [5, 5.41) is 10.7. The minimum Gasteiger partial charge on any atom is -0.493 e. The molecule has 118 valence electrons. The van der Waals surface area contributed by atoms with Crippen molar-refractivity contribution >= 4 is 21.8 Å². The molecule has 0 unspecified atom stereocenters. The number of rotatable bonds is 6. The van der Waals surface area contributed by atoms with E-state index in [1.165, 1.54) is 13.2 Å². The third kappa shape index (κ3) is 5.80. The highest BCUT2D eigenvalue weighted by Crippen LogP contribution is 2.36. The third-order valence-electron chi connectivity index (χ3n) is 2.31. The Bertz CT molecular complexity index is 508. The van der Waals surface area contributed by atoms with Crippen molar-refractivity contribution in [3.63, 3.8) is 0 Å². The van der Waals surface area contributed by atoms with Gasteiger partial charge in [0.15, 0.2) is 18.1 Å². The first-order chi connectivity index (χ1) is 9.76. The smallest absolute Gasteiger partial charge is 0.405 e. The summed E-state index contributed by atoms with van der Waals surface area (Å²) in [5.74, 6) is -0.499. The summed E-state index contributed by atoms with van der Waals surface area (Å²) in [6.45, 7) is -2.23. The largest absolute Gasteiger partial charge is 0.493 e. The van der Waals surface area contributed by atoms with E-state index in [2.05, 4.69) is 15.9 Å². The average Bonchev–Trinajstić information content (AvgIpc) is 2.42. The summed E-state index contributed by atoms with van der Waals surface area (Å²) in [4.78, 5) is 11.3. The molecule has 0 saturated heterocycles. The Morgan fingerprint density at radius 2 is 2.10 bits per heavy atom. The van der Waals surface area contributed by atoms with Gasteiger partial charge in [0.2, 0.25) is 0 Å².